The minimum atomic E-state index is -1.18. The fourth-order valence-corrected chi connectivity index (χ4v) is 13.2. The van der Waals surface area contributed by atoms with Crippen LogP contribution in [0.1, 0.15) is 102 Å². The van der Waals surface area contributed by atoms with Crippen molar-refractivity contribution in [2.75, 3.05) is 14.2 Å². The molecule has 2 aromatic rings. The molecule has 12 rings (SSSR count). The number of benzene rings is 2. The van der Waals surface area contributed by atoms with Crippen LogP contribution >= 0.6 is 0 Å². The molecular weight excluding hydrogens is 737 g/mol. The smallest absolute Gasteiger partial charge is 0.176 e. The van der Waals surface area contributed by atoms with Crippen LogP contribution < -0.4 is 9.47 Å². The molecule has 12 atom stereocenters. The summed E-state index contributed by atoms with van der Waals surface area (Å²) in [7, 11) is 3.19. The largest absolute Gasteiger partial charge is 0.482 e. The van der Waals surface area contributed by atoms with Crippen LogP contribution in [0.25, 0.3) is 0 Å². The van der Waals surface area contributed by atoms with Gasteiger partial charge in [-0.25, -0.2) is 0 Å². The summed E-state index contributed by atoms with van der Waals surface area (Å²) in [6.07, 6.45) is 5.16. The van der Waals surface area contributed by atoms with Crippen molar-refractivity contribution in [3.05, 3.63) is 83.0 Å². The molecule has 0 unspecified atom stereocenters. The van der Waals surface area contributed by atoms with Crippen molar-refractivity contribution >= 4 is 23.1 Å². The SMILES string of the molecule is CO[C@@H]1[C@H]2C[C@@H]3C(C)(C)O[C@](CC=C(C)C)(C2=O)[C@@]32Oc3ccccc3C(=O)[C@@H]12.CO[C@@H]1[C@H]2C[C@@H]3C(C)(C)O[C@](CC=C(C)C)(C2=O)[C@@]32Oc3ccccc3C(=O)[C@@H]12. The summed E-state index contributed by atoms with van der Waals surface area (Å²) in [6.45, 7) is 16.1. The zero-order valence-electron chi connectivity index (χ0n) is 35.3. The van der Waals surface area contributed by atoms with Crippen molar-refractivity contribution in [3.63, 3.8) is 0 Å². The molecule has 58 heavy (non-hydrogen) atoms. The van der Waals surface area contributed by atoms with E-state index in [4.69, 9.17) is 28.4 Å². The summed E-state index contributed by atoms with van der Waals surface area (Å²) < 4.78 is 38.5. The maximum absolute atomic E-state index is 13.9. The highest BCUT2D eigenvalue weighted by molar-refractivity contribution is 6.08. The molecule has 8 bridgehead atoms. The van der Waals surface area contributed by atoms with Gasteiger partial charge in [0.15, 0.2) is 45.5 Å². The van der Waals surface area contributed by atoms with E-state index in [0.29, 0.717) is 48.3 Å². The van der Waals surface area contributed by atoms with Gasteiger partial charge in [-0.15, -0.1) is 0 Å². The van der Waals surface area contributed by atoms with Crippen LogP contribution in [0.2, 0.25) is 0 Å². The molecular formula is C48H56O10. The van der Waals surface area contributed by atoms with Gasteiger partial charge in [0.1, 0.15) is 11.5 Å². The molecule has 8 fully saturated rings. The van der Waals surface area contributed by atoms with E-state index in [-0.39, 0.29) is 46.8 Å². The van der Waals surface area contributed by atoms with E-state index in [1.54, 1.807) is 26.4 Å². The standard InChI is InChI=1S/2C24H28O5/c2*1-13(2)10-11-23-21(26)15-12-17(22(3,4)29-23)24(23)18(20(15)27-5)19(25)14-8-6-7-9-16(14)28-24/h2*6-10,15,17-18,20H,11-12H2,1-5H3/t2*15-,17-,18+,20-,23-,24-/m11/s1. The van der Waals surface area contributed by atoms with Crippen molar-refractivity contribution < 1.29 is 47.6 Å². The van der Waals surface area contributed by atoms with Gasteiger partial charge in [0, 0.05) is 50.7 Å². The average molecular weight is 793 g/mol. The lowest BCUT2D eigenvalue weighted by atomic mass is 9.45. The number of carbonyl (C=O) groups is 4. The number of methoxy groups -OCH3 is 2. The number of para-hydroxylation sites is 2. The molecule has 6 saturated carbocycles. The highest BCUT2D eigenvalue weighted by Gasteiger charge is 2.87. The van der Waals surface area contributed by atoms with E-state index < -0.39 is 57.7 Å². The van der Waals surface area contributed by atoms with Gasteiger partial charge in [0.05, 0.1) is 46.4 Å². The zero-order chi connectivity index (χ0) is 41.5. The Kier molecular flexibility index (Phi) is 8.70. The van der Waals surface area contributed by atoms with Crippen molar-refractivity contribution in [2.45, 2.75) is 127 Å². The molecule has 10 nitrogen and oxygen atoms in total. The van der Waals surface area contributed by atoms with Crippen LogP contribution in [0.5, 0.6) is 11.5 Å². The van der Waals surface area contributed by atoms with Gasteiger partial charge in [0.2, 0.25) is 0 Å². The second-order valence-corrected chi connectivity index (χ2v) is 19.4. The normalized spacial score (nSPS) is 40.9. The maximum atomic E-state index is 13.9. The molecule has 2 aromatic carbocycles. The second kappa shape index (κ2) is 12.8. The first kappa shape index (κ1) is 39.5. The Morgan fingerprint density at radius 3 is 1.33 bits per heavy atom. The topological polar surface area (TPSA) is 124 Å². The van der Waals surface area contributed by atoms with E-state index in [0.717, 1.165) is 11.1 Å². The van der Waals surface area contributed by atoms with E-state index in [2.05, 4.69) is 0 Å². The highest BCUT2D eigenvalue weighted by atomic mass is 16.6. The lowest BCUT2D eigenvalue weighted by Crippen LogP contribution is -2.80. The first-order chi connectivity index (χ1) is 27.4. The first-order valence-corrected chi connectivity index (χ1v) is 20.8. The van der Waals surface area contributed by atoms with E-state index in [1.807, 2.05) is 104 Å². The van der Waals surface area contributed by atoms with Gasteiger partial charge in [0.25, 0.3) is 0 Å². The Labute approximate surface area is 341 Å². The summed E-state index contributed by atoms with van der Waals surface area (Å²) >= 11 is 0. The number of carbonyl (C=O) groups excluding carboxylic acids is 4. The van der Waals surface area contributed by atoms with Gasteiger partial charge >= 0.3 is 0 Å². The molecule has 0 aromatic heterocycles. The van der Waals surface area contributed by atoms with Gasteiger partial charge in [-0.05, 0) is 92.5 Å². The number of hydrogen-bond acceptors (Lipinski definition) is 10. The summed E-state index contributed by atoms with van der Waals surface area (Å²) in [5.41, 5.74) is -2.27. The molecule has 308 valence electrons. The predicted octanol–water partition coefficient (Wildman–Crippen LogP) is 7.51. The van der Waals surface area contributed by atoms with Crippen molar-refractivity contribution in [1.82, 2.24) is 0 Å². The number of fused-ring (bicyclic) bond motifs is 2. The Hall–Kier alpha value is -3.96. The third kappa shape index (κ3) is 4.69. The van der Waals surface area contributed by atoms with Gasteiger partial charge in [-0.1, -0.05) is 47.6 Å². The van der Waals surface area contributed by atoms with Crippen LogP contribution in [-0.2, 0) is 28.5 Å². The number of ketones is 4. The number of allylic oxidation sites excluding steroid dienone is 2. The predicted molar refractivity (Wildman–Crippen MR) is 214 cm³/mol. The van der Waals surface area contributed by atoms with Crippen LogP contribution in [-0.4, -0.2) is 83.2 Å². The molecule has 10 aliphatic rings. The van der Waals surface area contributed by atoms with Crippen LogP contribution in [0.3, 0.4) is 0 Å². The van der Waals surface area contributed by atoms with Crippen LogP contribution in [0.4, 0.5) is 0 Å². The monoisotopic (exact) mass is 792 g/mol. The number of Topliss-reactive ketones (excluding diaryl/α,β-unsaturated/α-hetero) is 4. The number of hydrogen-bond donors (Lipinski definition) is 0. The number of rotatable bonds is 6. The molecule has 10 heteroatoms. The third-order valence-electron chi connectivity index (χ3n) is 15.2. The van der Waals surface area contributed by atoms with E-state index >= 15 is 0 Å². The van der Waals surface area contributed by atoms with Gasteiger partial charge < -0.3 is 28.4 Å². The average Bonchev–Trinajstić information content (AvgIpc) is 3.42. The van der Waals surface area contributed by atoms with Crippen molar-refractivity contribution in [3.8, 4) is 11.5 Å². The van der Waals surface area contributed by atoms with Crippen molar-refractivity contribution in [2.24, 2.45) is 35.5 Å². The summed E-state index contributed by atoms with van der Waals surface area (Å²) in [6, 6.07) is 14.7. The maximum Gasteiger partial charge on any atom is 0.176 e. The fourth-order valence-electron chi connectivity index (χ4n) is 13.2. The molecule has 2 spiro atoms. The molecule has 4 heterocycles. The molecule has 0 amide bonds. The Morgan fingerprint density at radius 2 is 0.983 bits per heavy atom. The fraction of sp³-hybridized carbons (Fsp3) is 0.583. The molecule has 0 N–H and O–H groups in total. The first-order valence-electron chi connectivity index (χ1n) is 20.8. The van der Waals surface area contributed by atoms with E-state index in [9.17, 15) is 19.2 Å². The third-order valence-corrected chi connectivity index (χ3v) is 15.2. The zero-order valence-corrected chi connectivity index (χ0v) is 35.3. The van der Waals surface area contributed by atoms with Gasteiger partial charge in [-0.3, -0.25) is 19.2 Å². The van der Waals surface area contributed by atoms with Crippen LogP contribution in [0, 0.1) is 35.5 Å². The molecule has 2 saturated heterocycles. The van der Waals surface area contributed by atoms with Crippen LogP contribution in [0.15, 0.2) is 71.8 Å². The minimum Gasteiger partial charge on any atom is -0.482 e. The lowest BCUT2D eigenvalue weighted by Gasteiger charge is -2.62. The van der Waals surface area contributed by atoms with Gasteiger partial charge in [-0.2, -0.15) is 0 Å². The summed E-state index contributed by atoms with van der Waals surface area (Å²) in [5, 5.41) is 0. The quantitative estimate of drug-likeness (QED) is 0.272. The Bertz CT molecular complexity index is 2040. The van der Waals surface area contributed by atoms with Crippen molar-refractivity contribution in [1.29, 1.82) is 0 Å². The minimum absolute atomic E-state index is 0.00350. The summed E-state index contributed by atoms with van der Waals surface area (Å²) in [5.74, 6) is -0.841. The second-order valence-electron chi connectivity index (χ2n) is 19.4. The summed E-state index contributed by atoms with van der Waals surface area (Å²) in [4.78, 5) is 55.3. The highest BCUT2D eigenvalue weighted by Crippen LogP contribution is 2.71. The van der Waals surface area contributed by atoms with E-state index in [1.165, 1.54) is 0 Å². The number of ether oxygens (including phenoxy) is 6. The Morgan fingerprint density at radius 1 is 0.621 bits per heavy atom. The molecule has 0 radical (unpaired) electrons. The molecule has 6 aliphatic carbocycles. The molecule has 4 aliphatic heterocycles. The lowest BCUT2D eigenvalue weighted by molar-refractivity contribution is -0.224. The Balaban J connectivity index is 0.000000150.